The SMILES string of the molecule is CNCC1=CC=CC2C(=O)N(C3CCC(O)NC3O)C(=O)C12. The number of carbonyl (C=O) groups is 2. The zero-order valence-electron chi connectivity index (χ0n) is 12.4. The van der Waals surface area contributed by atoms with Crippen LogP contribution in [0.1, 0.15) is 12.8 Å². The Balaban J connectivity index is 1.86. The van der Waals surface area contributed by atoms with Crippen molar-refractivity contribution in [1.82, 2.24) is 15.5 Å². The van der Waals surface area contributed by atoms with Gasteiger partial charge in [-0.2, -0.15) is 0 Å². The van der Waals surface area contributed by atoms with Crippen LogP contribution < -0.4 is 10.6 Å². The fourth-order valence-corrected chi connectivity index (χ4v) is 3.55. The van der Waals surface area contributed by atoms with Gasteiger partial charge in [0.2, 0.25) is 11.8 Å². The van der Waals surface area contributed by atoms with Gasteiger partial charge in [-0.1, -0.05) is 18.2 Å². The van der Waals surface area contributed by atoms with Crippen molar-refractivity contribution in [3.8, 4) is 0 Å². The average molecular weight is 307 g/mol. The molecule has 3 aliphatic rings. The van der Waals surface area contributed by atoms with E-state index in [0.29, 0.717) is 19.4 Å². The minimum atomic E-state index is -1.10. The number of aliphatic hydroxyl groups excluding tert-OH is 2. The minimum Gasteiger partial charge on any atom is -0.379 e. The number of likely N-dealkylation sites (N-methyl/N-ethyl adjacent to an activating group) is 1. The lowest BCUT2D eigenvalue weighted by Gasteiger charge is -2.36. The van der Waals surface area contributed by atoms with Gasteiger partial charge in [-0.15, -0.1) is 0 Å². The van der Waals surface area contributed by atoms with Crippen molar-refractivity contribution in [3.05, 3.63) is 23.8 Å². The molecule has 120 valence electrons. The Hall–Kier alpha value is -1.54. The normalized spacial score (nSPS) is 38.2. The molecule has 2 heterocycles. The Bertz CT molecular complexity index is 545. The monoisotopic (exact) mass is 307 g/mol. The molecule has 1 aliphatic carbocycles. The van der Waals surface area contributed by atoms with Gasteiger partial charge in [-0.25, -0.2) is 0 Å². The number of rotatable bonds is 3. The molecule has 2 aliphatic heterocycles. The first-order valence-electron chi connectivity index (χ1n) is 7.55. The molecular formula is C15H21N3O4. The summed E-state index contributed by atoms with van der Waals surface area (Å²) >= 11 is 0. The first kappa shape index (κ1) is 15.4. The van der Waals surface area contributed by atoms with Gasteiger partial charge >= 0.3 is 0 Å². The summed E-state index contributed by atoms with van der Waals surface area (Å²) in [5, 5.41) is 25.2. The Morgan fingerprint density at radius 1 is 1.32 bits per heavy atom. The molecule has 0 aromatic carbocycles. The number of hydrogen-bond donors (Lipinski definition) is 4. The first-order chi connectivity index (χ1) is 10.5. The Morgan fingerprint density at radius 3 is 2.77 bits per heavy atom. The van der Waals surface area contributed by atoms with Gasteiger partial charge in [0.25, 0.3) is 0 Å². The van der Waals surface area contributed by atoms with Crippen LogP contribution in [0.5, 0.6) is 0 Å². The minimum absolute atomic E-state index is 0.261. The summed E-state index contributed by atoms with van der Waals surface area (Å²) in [5.74, 6) is -1.50. The molecular weight excluding hydrogens is 286 g/mol. The predicted molar refractivity (Wildman–Crippen MR) is 78.2 cm³/mol. The highest BCUT2D eigenvalue weighted by molar-refractivity contribution is 6.08. The van der Waals surface area contributed by atoms with Crippen LogP contribution in [0, 0.1) is 11.8 Å². The van der Waals surface area contributed by atoms with Crippen LogP contribution in [0.4, 0.5) is 0 Å². The predicted octanol–water partition coefficient (Wildman–Crippen LogP) is -1.31. The van der Waals surface area contributed by atoms with Gasteiger partial charge in [0.1, 0.15) is 12.5 Å². The topological polar surface area (TPSA) is 102 Å². The third-order valence-electron chi connectivity index (χ3n) is 4.59. The van der Waals surface area contributed by atoms with E-state index in [1.165, 1.54) is 4.90 Å². The van der Waals surface area contributed by atoms with Gasteiger partial charge < -0.3 is 15.5 Å². The van der Waals surface area contributed by atoms with Gasteiger partial charge in [-0.05, 0) is 25.5 Å². The van der Waals surface area contributed by atoms with E-state index in [2.05, 4.69) is 10.6 Å². The summed E-state index contributed by atoms with van der Waals surface area (Å²) in [6.45, 7) is 0.544. The number of hydrogen-bond acceptors (Lipinski definition) is 6. The van der Waals surface area contributed by atoms with E-state index in [1.807, 2.05) is 12.2 Å². The highest BCUT2D eigenvalue weighted by Crippen LogP contribution is 2.38. The lowest BCUT2D eigenvalue weighted by atomic mass is 9.84. The molecule has 0 bridgehead atoms. The fourth-order valence-electron chi connectivity index (χ4n) is 3.55. The molecule has 2 saturated heterocycles. The Labute approximate surface area is 128 Å². The largest absolute Gasteiger partial charge is 0.379 e. The van der Waals surface area contributed by atoms with Crippen LogP contribution in [0.3, 0.4) is 0 Å². The molecule has 7 heteroatoms. The van der Waals surface area contributed by atoms with Crippen molar-refractivity contribution in [2.24, 2.45) is 11.8 Å². The van der Waals surface area contributed by atoms with E-state index < -0.39 is 30.3 Å². The second-order valence-electron chi connectivity index (χ2n) is 5.98. The lowest BCUT2D eigenvalue weighted by molar-refractivity contribution is -0.149. The van der Waals surface area contributed by atoms with Crippen LogP contribution in [0.2, 0.25) is 0 Å². The maximum atomic E-state index is 12.8. The standard InChI is InChI=1S/C15H21N3O4/c1-16-7-8-3-2-4-9-12(8)15(22)18(14(9)21)10-5-6-11(19)17-13(10)20/h2-4,9-13,16-17,19-20H,5-7H2,1H3. The van der Waals surface area contributed by atoms with Crippen LogP contribution in [0.25, 0.3) is 0 Å². The highest BCUT2D eigenvalue weighted by atomic mass is 16.3. The smallest absolute Gasteiger partial charge is 0.237 e. The number of nitrogens with zero attached hydrogens (tertiary/aromatic N) is 1. The van der Waals surface area contributed by atoms with E-state index in [9.17, 15) is 19.8 Å². The second-order valence-corrected chi connectivity index (χ2v) is 5.98. The fraction of sp³-hybridized carbons (Fsp3) is 0.600. The van der Waals surface area contributed by atoms with Crippen LogP contribution in [0.15, 0.2) is 23.8 Å². The molecule has 5 unspecified atom stereocenters. The quantitative estimate of drug-likeness (QED) is 0.483. The molecule has 2 amide bonds. The molecule has 0 saturated carbocycles. The third-order valence-corrected chi connectivity index (χ3v) is 4.59. The summed E-state index contributed by atoms with van der Waals surface area (Å²) in [6.07, 6.45) is 4.30. The van der Waals surface area contributed by atoms with Gasteiger partial charge in [-0.3, -0.25) is 19.8 Å². The van der Waals surface area contributed by atoms with Crippen LogP contribution in [-0.2, 0) is 9.59 Å². The molecule has 0 spiro atoms. The first-order valence-corrected chi connectivity index (χ1v) is 7.55. The number of allylic oxidation sites excluding steroid dienone is 2. The van der Waals surface area contributed by atoms with E-state index in [4.69, 9.17) is 0 Å². The summed E-state index contributed by atoms with van der Waals surface area (Å²) in [7, 11) is 1.80. The Morgan fingerprint density at radius 2 is 2.09 bits per heavy atom. The van der Waals surface area contributed by atoms with Crippen molar-refractivity contribution in [3.63, 3.8) is 0 Å². The van der Waals surface area contributed by atoms with Crippen molar-refractivity contribution >= 4 is 11.8 Å². The molecule has 2 fully saturated rings. The molecule has 22 heavy (non-hydrogen) atoms. The number of likely N-dealkylation sites (tertiary alicyclic amines) is 1. The maximum Gasteiger partial charge on any atom is 0.237 e. The number of amides is 2. The zero-order chi connectivity index (χ0) is 15.9. The van der Waals surface area contributed by atoms with Gasteiger partial charge in [0.15, 0.2) is 0 Å². The van der Waals surface area contributed by atoms with Crippen molar-refractivity contribution in [1.29, 1.82) is 0 Å². The second kappa shape index (κ2) is 5.92. The average Bonchev–Trinajstić information content (AvgIpc) is 2.73. The van der Waals surface area contributed by atoms with Crippen LogP contribution >= 0.6 is 0 Å². The third kappa shape index (κ3) is 2.40. The number of nitrogens with one attached hydrogen (secondary N) is 2. The lowest BCUT2D eigenvalue weighted by Crippen LogP contribution is -2.58. The maximum absolute atomic E-state index is 12.8. The van der Waals surface area contributed by atoms with E-state index in [0.717, 1.165) is 5.57 Å². The van der Waals surface area contributed by atoms with E-state index in [1.54, 1.807) is 13.1 Å². The molecule has 0 aromatic heterocycles. The molecule has 0 radical (unpaired) electrons. The van der Waals surface area contributed by atoms with Crippen molar-refractivity contribution in [2.45, 2.75) is 31.3 Å². The van der Waals surface area contributed by atoms with E-state index >= 15 is 0 Å². The molecule has 7 nitrogen and oxygen atoms in total. The number of piperidine rings is 1. The van der Waals surface area contributed by atoms with Crippen LogP contribution in [-0.4, -0.2) is 59.0 Å². The number of fused-ring (bicyclic) bond motifs is 1. The summed E-state index contributed by atoms with van der Waals surface area (Å²) in [6, 6.07) is -0.627. The number of imide groups is 1. The van der Waals surface area contributed by atoms with Crippen molar-refractivity contribution < 1.29 is 19.8 Å². The Kier molecular flexibility index (Phi) is 4.14. The van der Waals surface area contributed by atoms with E-state index in [-0.39, 0.29) is 11.8 Å². The number of aliphatic hydroxyl groups is 2. The van der Waals surface area contributed by atoms with Crippen molar-refractivity contribution in [2.75, 3.05) is 13.6 Å². The summed E-state index contributed by atoms with van der Waals surface area (Å²) in [5.41, 5.74) is 0.883. The van der Waals surface area contributed by atoms with Gasteiger partial charge in [0, 0.05) is 6.54 Å². The molecule has 3 rings (SSSR count). The molecule has 0 aromatic rings. The molecule has 4 N–H and O–H groups in total. The highest BCUT2D eigenvalue weighted by Gasteiger charge is 2.52. The van der Waals surface area contributed by atoms with Gasteiger partial charge in [0.05, 0.1) is 17.9 Å². The molecule has 5 atom stereocenters. The summed E-state index contributed by atoms with van der Waals surface area (Å²) in [4.78, 5) is 26.6. The number of carbonyl (C=O) groups excluding carboxylic acids is 2. The zero-order valence-corrected chi connectivity index (χ0v) is 12.4. The summed E-state index contributed by atoms with van der Waals surface area (Å²) < 4.78 is 0.